The Hall–Kier alpha value is -3.61. The van der Waals surface area contributed by atoms with Crippen LogP contribution in [-0.4, -0.2) is 16.4 Å². The van der Waals surface area contributed by atoms with Gasteiger partial charge in [0, 0.05) is 29.6 Å². The average molecular weight is 377 g/mol. The Morgan fingerprint density at radius 1 is 1.00 bits per heavy atom. The Morgan fingerprint density at radius 3 is 2.54 bits per heavy atom. The summed E-state index contributed by atoms with van der Waals surface area (Å²) in [7, 11) is 0. The molecule has 2 heterocycles. The van der Waals surface area contributed by atoms with E-state index in [9.17, 15) is 14.4 Å². The Bertz CT molecular complexity index is 1080. The summed E-state index contributed by atoms with van der Waals surface area (Å²) in [5.41, 5.74) is 1.05. The molecule has 0 aliphatic heterocycles. The molecule has 1 fully saturated rings. The first-order valence-electron chi connectivity index (χ1n) is 9.05. The van der Waals surface area contributed by atoms with Crippen LogP contribution in [0.1, 0.15) is 29.2 Å². The molecular formula is C21H19N3O4. The second-order valence-corrected chi connectivity index (χ2v) is 6.73. The van der Waals surface area contributed by atoms with Crippen molar-refractivity contribution in [3.05, 3.63) is 82.7 Å². The van der Waals surface area contributed by atoms with Crippen molar-refractivity contribution in [2.75, 3.05) is 10.6 Å². The topological polar surface area (TPSA) is 93.3 Å². The number of anilines is 2. The number of rotatable bonds is 6. The Kier molecular flexibility index (Phi) is 4.80. The van der Waals surface area contributed by atoms with Crippen molar-refractivity contribution in [2.45, 2.75) is 19.4 Å². The Labute approximate surface area is 161 Å². The summed E-state index contributed by atoms with van der Waals surface area (Å²) in [5, 5.41) is 5.60. The highest BCUT2D eigenvalue weighted by molar-refractivity contribution is 6.03. The Balaban J connectivity index is 1.41. The second-order valence-electron chi connectivity index (χ2n) is 6.73. The van der Waals surface area contributed by atoms with Gasteiger partial charge in [-0.2, -0.15) is 0 Å². The molecule has 7 heteroatoms. The van der Waals surface area contributed by atoms with Gasteiger partial charge in [0.15, 0.2) is 5.76 Å². The number of hydrogen-bond donors (Lipinski definition) is 2. The summed E-state index contributed by atoms with van der Waals surface area (Å²) in [4.78, 5) is 36.1. The molecule has 3 aromatic rings. The first kappa shape index (κ1) is 17.8. The first-order chi connectivity index (χ1) is 13.6. The van der Waals surface area contributed by atoms with Crippen LogP contribution in [0.2, 0.25) is 0 Å². The van der Waals surface area contributed by atoms with Crippen molar-refractivity contribution in [3.63, 3.8) is 0 Å². The molecule has 0 atom stereocenters. The van der Waals surface area contributed by atoms with Gasteiger partial charge in [0.2, 0.25) is 5.91 Å². The fraction of sp³-hybridized carbons (Fsp3) is 0.190. The molecule has 4 rings (SSSR count). The average Bonchev–Trinajstić information content (AvgIpc) is 3.43. The molecule has 2 aromatic heterocycles. The van der Waals surface area contributed by atoms with E-state index in [0.717, 1.165) is 12.8 Å². The van der Waals surface area contributed by atoms with Gasteiger partial charge in [0.25, 0.3) is 11.5 Å². The van der Waals surface area contributed by atoms with Crippen molar-refractivity contribution < 1.29 is 14.0 Å². The third-order valence-corrected chi connectivity index (χ3v) is 4.45. The number of pyridine rings is 1. The highest BCUT2D eigenvalue weighted by Gasteiger charge is 2.29. The van der Waals surface area contributed by atoms with Crippen LogP contribution >= 0.6 is 0 Å². The quantitative estimate of drug-likeness (QED) is 0.690. The molecule has 0 unspecified atom stereocenters. The number of furan rings is 1. The molecule has 0 bridgehead atoms. The molecule has 1 aromatic carbocycles. The molecule has 142 valence electrons. The first-order valence-corrected chi connectivity index (χ1v) is 9.05. The van der Waals surface area contributed by atoms with Gasteiger partial charge in [0.05, 0.1) is 6.54 Å². The van der Waals surface area contributed by atoms with Gasteiger partial charge < -0.3 is 19.6 Å². The van der Waals surface area contributed by atoms with Gasteiger partial charge in [0.1, 0.15) is 5.76 Å². The molecule has 1 aliphatic carbocycles. The van der Waals surface area contributed by atoms with Crippen LogP contribution < -0.4 is 16.2 Å². The number of nitrogens with one attached hydrogen (secondary N) is 2. The molecule has 2 N–H and O–H groups in total. The zero-order valence-electron chi connectivity index (χ0n) is 15.1. The zero-order valence-corrected chi connectivity index (χ0v) is 15.1. The monoisotopic (exact) mass is 377 g/mol. The summed E-state index contributed by atoms with van der Waals surface area (Å²) < 4.78 is 7.06. The highest BCUT2D eigenvalue weighted by atomic mass is 16.4. The molecule has 0 spiro atoms. The SMILES string of the molecule is O=C(Nc1cccc(NC(=O)C2CC2)c1)c1ccc(Cn2ccccc2=O)o1. The standard InChI is InChI=1S/C21H19N3O4/c25-19-6-1-2-11-24(19)13-17-9-10-18(28-17)21(27)23-16-5-3-4-15(12-16)22-20(26)14-7-8-14/h1-6,9-12,14H,7-8,13H2,(H,22,26)(H,23,27). The summed E-state index contributed by atoms with van der Waals surface area (Å²) >= 11 is 0. The van der Waals surface area contributed by atoms with Crippen molar-refractivity contribution in [1.29, 1.82) is 0 Å². The normalized spacial score (nSPS) is 13.1. The van der Waals surface area contributed by atoms with Crippen molar-refractivity contribution >= 4 is 23.2 Å². The number of benzene rings is 1. The molecule has 28 heavy (non-hydrogen) atoms. The van der Waals surface area contributed by atoms with Crippen molar-refractivity contribution in [3.8, 4) is 0 Å². The minimum atomic E-state index is -0.405. The minimum Gasteiger partial charge on any atom is -0.454 e. The summed E-state index contributed by atoms with van der Waals surface area (Å²) in [6.07, 6.45) is 3.52. The van der Waals surface area contributed by atoms with E-state index in [0.29, 0.717) is 17.1 Å². The van der Waals surface area contributed by atoms with E-state index >= 15 is 0 Å². The summed E-state index contributed by atoms with van der Waals surface area (Å²) in [5.74, 6) is 0.361. The van der Waals surface area contributed by atoms with Crippen LogP contribution in [0.15, 0.2) is 70.0 Å². The van der Waals surface area contributed by atoms with E-state index in [2.05, 4.69) is 10.6 Å². The largest absolute Gasteiger partial charge is 0.454 e. The second kappa shape index (κ2) is 7.56. The third kappa shape index (κ3) is 4.20. The molecule has 2 amide bonds. The van der Waals surface area contributed by atoms with E-state index in [-0.39, 0.29) is 29.7 Å². The lowest BCUT2D eigenvalue weighted by Gasteiger charge is -2.08. The van der Waals surface area contributed by atoms with Crippen LogP contribution in [0.4, 0.5) is 11.4 Å². The van der Waals surface area contributed by atoms with Crippen LogP contribution in [0.5, 0.6) is 0 Å². The third-order valence-electron chi connectivity index (χ3n) is 4.45. The van der Waals surface area contributed by atoms with Crippen LogP contribution in [0.25, 0.3) is 0 Å². The van der Waals surface area contributed by atoms with E-state index in [1.165, 1.54) is 10.6 Å². The zero-order chi connectivity index (χ0) is 19.5. The van der Waals surface area contributed by atoms with Crippen molar-refractivity contribution in [1.82, 2.24) is 4.57 Å². The molecule has 7 nitrogen and oxygen atoms in total. The summed E-state index contributed by atoms with van der Waals surface area (Å²) in [6, 6.07) is 15.1. The van der Waals surface area contributed by atoms with Gasteiger partial charge in [-0.1, -0.05) is 12.1 Å². The number of aromatic nitrogens is 1. The van der Waals surface area contributed by atoms with E-state index in [1.807, 2.05) is 0 Å². The number of carbonyl (C=O) groups excluding carboxylic acids is 2. The number of nitrogens with zero attached hydrogens (tertiary/aromatic N) is 1. The maximum Gasteiger partial charge on any atom is 0.291 e. The van der Waals surface area contributed by atoms with E-state index < -0.39 is 5.91 Å². The fourth-order valence-electron chi connectivity index (χ4n) is 2.80. The fourth-order valence-corrected chi connectivity index (χ4v) is 2.80. The van der Waals surface area contributed by atoms with Crippen LogP contribution in [0.3, 0.4) is 0 Å². The Morgan fingerprint density at radius 2 is 1.79 bits per heavy atom. The maximum atomic E-state index is 12.4. The lowest BCUT2D eigenvalue weighted by Crippen LogP contribution is -2.18. The summed E-state index contributed by atoms with van der Waals surface area (Å²) in [6.45, 7) is 0.246. The van der Waals surface area contributed by atoms with Gasteiger partial charge in [-0.25, -0.2) is 0 Å². The highest BCUT2D eigenvalue weighted by Crippen LogP contribution is 2.30. The molecular weight excluding hydrogens is 358 g/mol. The van der Waals surface area contributed by atoms with E-state index in [4.69, 9.17) is 4.42 Å². The lowest BCUT2D eigenvalue weighted by atomic mass is 10.2. The number of hydrogen-bond acceptors (Lipinski definition) is 4. The smallest absolute Gasteiger partial charge is 0.291 e. The van der Waals surface area contributed by atoms with Gasteiger partial charge >= 0.3 is 0 Å². The predicted molar refractivity (Wildman–Crippen MR) is 104 cm³/mol. The van der Waals surface area contributed by atoms with Gasteiger partial charge in [-0.05, 0) is 49.2 Å². The van der Waals surface area contributed by atoms with Gasteiger partial charge in [-0.3, -0.25) is 14.4 Å². The molecule has 0 radical (unpaired) electrons. The van der Waals surface area contributed by atoms with Crippen LogP contribution in [-0.2, 0) is 11.3 Å². The predicted octanol–water partition coefficient (Wildman–Crippen LogP) is 3.09. The minimum absolute atomic E-state index is 0.00954. The number of carbonyl (C=O) groups is 2. The van der Waals surface area contributed by atoms with Crippen molar-refractivity contribution in [2.24, 2.45) is 5.92 Å². The van der Waals surface area contributed by atoms with Crippen LogP contribution in [0, 0.1) is 5.92 Å². The molecule has 1 aliphatic rings. The van der Waals surface area contributed by atoms with Gasteiger partial charge in [-0.15, -0.1) is 0 Å². The molecule has 0 saturated heterocycles. The molecule has 1 saturated carbocycles. The maximum absolute atomic E-state index is 12.4. The number of amides is 2. The van der Waals surface area contributed by atoms with E-state index in [1.54, 1.807) is 54.7 Å². The lowest BCUT2D eigenvalue weighted by molar-refractivity contribution is -0.117.